The van der Waals surface area contributed by atoms with Crippen molar-refractivity contribution >= 4 is 11.9 Å². The Bertz CT molecular complexity index is 743. The quantitative estimate of drug-likeness (QED) is 0.823. The fourth-order valence-electron chi connectivity index (χ4n) is 2.95. The average Bonchev–Trinajstić information content (AvgIpc) is 3.14. The van der Waals surface area contributed by atoms with Gasteiger partial charge in [-0.2, -0.15) is 4.98 Å². The number of amides is 3. The molecule has 0 radical (unpaired) electrons. The van der Waals surface area contributed by atoms with Gasteiger partial charge in [-0.1, -0.05) is 49.3 Å². The van der Waals surface area contributed by atoms with Gasteiger partial charge in [0.15, 0.2) is 5.82 Å². The van der Waals surface area contributed by atoms with Gasteiger partial charge >= 0.3 is 6.03 Å². The molecule has 1 saturated heterocycles. The van der Waals surface area contributed by atoms with E-state index in [1.807, 2.05) is 44.2 Å². The van der Waals surface area contributed by atoms with Gasteiger partial charge in [0.25, 0.3) is 5.91 Å². The number of nitrogens with zero attached hydrogens (tertiary/aromatic N) is 3. The Balaban J connectivity index is 1.85. The maximum absolute atomic E-state index is 13.0. The lowest BCUT2D eigenvalue weighted by Gasteiger charge is -2.25. The summed E-state index contributed by atoms with van der Waals surface area (Å²) in [5.74, 6) is 0.558. The van der Waals surface area contributed by atoms with Crippen LogP contribution in [-0.2, 0) is 23.3 Å². The standard InChI is InChI=1S/C17H20N4O3/c1-3-8-13-18-14(24-20-13)11-21-15(22)17(4-2,19-16(21)23)12-9-6-5-7-10-12/h5-7,9-10H,3-4,8,11H2,1-2H3,(H,19,23). The van der Waals surface area contributed by atoms with Gasteiger partial charge in [0.1, 0.15) is 12.1 Å². The first-order chi connectivity index (χ1) is 11.6. The number of aryl methyl sites for hydroxylation is 1. The summed E-state index contributed by atoms with van der Waals surface area (Å²) in [4.78, 5) is 30.7. The lowest BCUT2D eigenvalue weighted by Crippen LogP contribution is -2.43. The summed E-state index contributed by atoms with van der Waals surface area (Å²) in [5, 5.41) is 6.69. The van der Waals surface area contributed by atoms with Crippen molar-refractivity contribution in [3.8, 4) is 0 Å². The van der Waals surface area contributed by atoms with E-state index in [-0.39, 0.29) is 18.3 Å². The van der Waals surface area contributed by atoms with E-state index in [9.17, 15) is 9.59 Å². The van der Waals surface area contributed by atoms with E-state index in [1.165, 1.54) is 0 Å². The van der Waals surface area contributed by atoms with Crippen LogP contribution >= 0.6 is 0 Å². The number of hydrogen-bond donors (Lipinski definition) is 1. The topological polar surface area (TPSA) is 88.3 Å². The summed E-state index contributed by atoms with van der Waals surface area (Å²) in [6, 6.07) is 8.82. The number of carbonyl (C=O) groups excluding carboxylic acids is 2. The minimum absolute atomic E-state index is 0.0179. The van der Waals surface area contributed by atoms with Crippen LogP contribution < -0.4 is 5.32 Å². The normalized spacial score (nSPS) is 20.5. The molecule has 0 saturated carbocycles. The third-order valence-electron chi connectivity index (χ3n) is 4.25. The first-order valence-electron chi connectivity index (χ1n) is 8.11. The summed E-state index contributed by atoms with van der Waals surface area (Å²) in [6.45, 7) is 3.87. The Labute approximate surface area is 140 Å². The Kier molecular flexibility index (Phi) is 4.33. The molecule has 1 aliphatic heterocycles. The summed E-state index contributed by atoms with van der Waals surface area (Å²) < 4.78 is 5.15. The lowest BCUT2D eigenvalue weighted by atomic mass is 9.87. The highest BCUT2D eigenvalue weighted by Gasteiger charge is 2.51. The Morgan fingerprint density at radius 1 is 1.21 bits per heavy atom. The molecule has 7 heteroatoms. The predicted octanol–water partition coefficient (Wildman–Crippen LogP) is 2.38. The Morgan fingerprint density at radius 2 is 1.96 bits per heavy atom. The fraction of sp³-hybridized carbons (Fsp3) is 0.412. The van der Waals surface area contributed by atoms with E-state index >= 15 is 0 Å². The van der Waals surface area contributed by atoms with Crippen LogP contribution in [0.3, 0.4) is 0 Å². The molecule has 1 N–H and O–H groups in total. The largest absolute Gasteiger partial charge is 0.337 e. The van der Waals surface area contributed by atoms with E-state index in [0.717, 1.165) is 16.9 Å². The van der Waals surface area contributed by atoms with Crippen molar-refractivity contribution in [2.24, 2.45) is 0 Å². The van der Waals surface area contributed by atoms with E-state index < -0.39 is 11.6 Å². The highest BCUT2D eigenvalue weighted by Crippen LogP contribution is 2.32. The molecule has 7 nitrogen and oxygen atoms in total. The second-order valence-corrected chi connectivity index (χ2v) is 5.80. The first kappa shape index (κ1) is 16.2. The number of rotatable bonds is 6. The van der Waals surface area contributed by atoms with Crippen molar-refractivity contribution in [3.05, 3.63) is 47.6 Å². The molecule has 2 aromatic rings. The highest BCUT2D eigenvalue weighted by molar-refractivity contribution is 6.07. The molecular weight excluding hydrogens is 308 g/mol. The van der Waals surface area contributed by atoms with Crippen LogP contribution in [0.1, 0.15) is 44.0 Å². The number of urea groups is 1. The van der Waals surface area contributed by atoms with Crippen LogP contribution in [0.2, 0.25) is 0 Å². The zero-order chi connectivity index (χ0) is 17.2. The number of benzene rings is 1. The molecule has 1 aromatic carbocycles. The molecule has 24 heavy (non-hydrogen) atoms. The molecule has 1 fully saturated rings. The fourth-order valence-corrected chi connectivity index (χ4v) is 2.95. The molecule has 1 aromatic heterocycles. The van der Waals surface area contributed by atoms with Crippen molar-refractivity contribution in [2.75, 3.05) is 0 Å². The maximum Gasteiger partial charge on any atom is 0.325 e. The molecular formula is C17H20N4O3. The van der Waals surface area contributed by atoms with Gasteiger partial charge in [-0.25, -0.2) is 4.79 Å². The van der Waals surface area contributed by atoms with Crippen LogP contribution in [0, 0.1) is 0 Å². The smallest absolute Gasteiger partial charge is 0.325 e. The molecule has 3 rings (SSSR count). The Hall–Kier alpha value is -2.70. The molecule has 0 bridgehead atoms. The number of nitrogens with one attached hydrogen (secondary N) is 1. The lowest BCUT2D eigenvalue weighted by molar-refractivity contribution is -0.132. The average molecular weight is 328 g/mol. The van der Waals surface area contributed by atoms with Gasteiger partial charge in [-0.15, -0.1) is 0 Å². The van der Waals surface area contributed by atoms with Crippen molar-refractivity contribution in [3.63, 3.8) is 0 Å². The minimum Gasteiger partial charge on any atom is -0.337 e. The van der Waals surface area contributed by atoms with Gasteiger partial charge in [0.05, 0.1) is 0 Å². The first-order valence-corrected chi connectivity index (χ1v) is 8.11. The third kappa shape index (κ3) is 2.66. The highest BCUT2D eigenvalue weighted by atomic mass is 16.5. The van der Waals surface area contributed by atoms with Crippen LogP contribution in [-0.4, -0.2) is 27.0 Å². The van der Waals surface area contributed by atoms with E-state index in [1.54, 1.807) is 0 Å². The number of imide groups is 1. The van der Waals surface area contributed by atoms with Crippen LogP contribution in [0.5, 0.6) is 0 Å². The third-order valence-corrected chi connectivity index (χ3v) is 4.25. The molecule has 3 amide bonds. The van der Waals surface area contributed by atoms with Crippen LogP contribution in [0.4, 0.5) is 4.79 Å². The van der Waals surface area contributed by atoms with Crippen LogP contribution in [0.25, 0.3) is 0 Å². The zero-order valence-electron chi connectivity index (χ0n) is 13.8. The summed E-state index contributed by atoms with van der Waals surface area (Å²) >= 11 is 0. The molecule has 1 unspecified atom stereocenters. The van der Waals surface area contributed by atoms with Gasteiger partial charge in [0, 0.05) is 6.42 Å². The molecule has 2 heterocycles. The van der Waals surface area contributed by atoms with E-state index in [4.69, 9.17) is 4.52 Å². The van der Waals surface area contributed by atoms with Crippen molar-refractivity contribution in [1.29, 1.82) is 0 Å². The van der Waals surface area contributed by atoms with Crippen LogP contribution in [0.15, 0.2) is 34.9 Å². The SMILES string of the molecule is CCCc1noc(CN2C(=O)NC(CC)(c3ccccc3)C2=O)n1. The van der Waals surface area contributed by atoms with Gasteiger partial charge in [-0.05, 0) is 18.4 Å². The number of hydrogen-bond acceptors (Lipinski definition) is 5. The van der Waals surface area contributed by atoms with E-state index in [2.05, 4.69) is 15.5 Å². The summed E-state index contributed by atoms with van der Waals surface area (Å²) in [5.41, 5.74) is -0.268. The Morgan fingerprint density at radius 3 is 2.62 bits per heavy atom. The second kappa shape index (κ2) is 6.43. The van der Waals surface area contributed by atoms with Gasteiger partial charge < -0.3 is 9.84 Å². The molecule has 0 aliphatic carbocycles. The number of aromatic nitrogens is 2. The molecule has 1 atom stereocenters. The van der Waals surface area contributed by atoms with Crippen molar-refractivity contribution < 1.29 is 14.1 Å². The van der Waals surface area contributed by atoms with Gasteiger partial charge in [0.2, 0.25) is 5.89 Å². The predicted molar refractivity (Wildman–Crippen MR) is 85.8 cm³/mol. The van der Waals surface area contributed by atoms with Crippen molar-refractivity contribution in [2.45, 2.75) is 45.2 Å². The second-order valence-electron chi connectivity index (χ2n) is 5.80. The van der Waals surface area contributed by atoms with Gasteiger partial charge in [-0.3, -0.25) is 9.69 Å². The summed E-state index contributed by atoms with van der Waals surface area (Å²) in [7, 11) is 0. The molecule has 1 aliphatic rings. The maximum atomic E-state index is 13.0. The molecule has 0 spiro atoms. The van der Waals surface area contributed by atoms with Crippen molar-refractivity contribution in [1.82, 2.24) is 20.4 Å². The molecule has 126 valence electrons. The van der Waals surface area contributed by atoms with E-state index in [0.29, 0.717) is 18.7 Å². The zero-order valence-corrected chi connectivity index (χ0v) is 13.8. The minimum atomic E-state index is -1.04. The summed E-state index contributed by atoms with van der Waals surface area (Å²) in [6.07, 6.45) is 2.06. The number of carbonyl (C=O) groups is 2. The monoisotopic (exact) mass is 328 g/mol.